The molecule has 28 heavy (non-hydrogen) atoms. The van der Waals surface area contributed by atoms with Gasteiger partial charge in [-0.3, -0.25) is 0 Å². The van der Waals surface area contributed by atoms with Gasteiger partial charge in [-0.25, -0.2) is 0 Å². The first kappa shape index (κ1) is 19.8. The molecule has 0 spiro atoms. The van der Waals surface area contributed by atoms with Gasteiger partial charge in [-0.2, -0.15) is 13.6 Å². The van der Waals surface area contributed by atoms with Crippen LogP contribution in [-0.4, -0.2) is 15.5 Å². The van der Waals surface area contributed by atoms with Gasteiger partial charge in [0.2, 0.25) is 0 Å². The van der Waals surface area contributed by atoms with Crippen molar-refractivity contribution >= 4 is 10.3 Å². The number of benzene rings is 1. The zero-order valence-corrected chi connectivity index (χ0v) is 17.7. The molecule has 4 rings (SSSR count). The molecule has 2 saturated carbocycles. The van der Waals surface area contributed by atoms with E-state index in [1.54, 1.807) is 0 Å². The maximum Gasteiger partial charge on any atom is 0.380 e. The molecule has 3 unspecified atom stereocenters. The summed E-state index contributed by atoms with van der Waals surface area (Å²) in [4.78, 5) is 0. The highest BCUT2D eigenvalue weighted by molar-refractivity contribution is 7.84. The van der Waals surface area contributed by atoms with Crippen LogP contribution in [0.2, 0.25) is 0 Å². The summed E-state index contributed by atoms with van der Waals surface area (Å²) >= 11 is 0. The Morgan fingerprint density at radius 1 is 1.21 bits per heavy atom. The van der Waals surface area contributed by atoms with Crippen LogP contribution in [0.1, 0.15) is 68.9 Å². The van der Waals surface area contributed by atoms with E-state index < -0.39 is 10.3 Å². The maximum atomic E-state index is 11.4. The molecule has 0 bridgehead atoms. The molecule has 2 N–H and O–H groups in total. The number of rotatable bonds is 4. The topological polar surface area (TPSA) is 78.6 Å². The molecule has 0 amide bonds. The van der Waals surface area contributed by atoms with Crippen molar-refractivity contribution in [2.24, 2.45) is 22.4 Å². The maximum absolute atomic E-state index is 11.4. The zero-order chi connectivity index (χ0) is 20.1. The first-order valence-corrected chi connectivity index (χ1v) is 11.9. The van der Waals surface area contributed by atoms with Crippen LogP contribution in [-0.2, 0) is 16.7 Å². The summed E-state index contributed by atoms with van der Waals surface area (Å²) < 4.78 is 33.2. The summed E-state index contributed by atoms with van der Waals surface area (Å²) in [7, 11) is -2.55. The SMILES string of the molecule is C=C1CCCC2C3CCc4cc(OS(N)(=O)=O)c(OC)cc4C3CC[C@]12CC. The number of fused-ring (bicyclic) bond motifs is 5. The summed E-state index contributed by atoms with van der Waals surface area (Å²) in [6.45, 7) is 6.83. The second kappa shape index (κ2) is 7.06. The van der Waals surface area contributed by atoms with E-state index in [9.17, 15) is 8.42 Å². The Kier molecular flexibility index (Phi) is 4.99. The molecule has 1 aromatic carbocycles. The number of hydrogen-bond acceptors (Lipinski definition) is 4. The normalized spacial score (nSPS) is 32.1. The molecule has 5 nitrogen and oxygen atoms in total. The van der Waals surface area contributed by atoms with E-state index in [-0.39, 0.29) is 5.75 Å². The number of aryl methyl sites for hydroxylation is 1. The fourth-order valence-corrected chi connectivity index (χ4v) is 6.93. The first-order chi connectivity index (χ1) is 13.3. The number of nitrogens with two attached hydrogens (primary N) is 1. The molecule has 4 atom stereocenters. The molecule has 0 radical (unpaired) electrons. The summed E-state index contributed by atoms with van der Waals surface area (Å²) in [6, 6.07) is 3.81. The minimum absolute atomic E-state index is 0.187. The second-order valence-corrected chi connectivity index (χ2v) is 9.89. The fraction of sp³-hybridized carbons (Fsp3) is 0.636. The Morgan fingerprint density at radius 3 is 2.68 bits per heavy atom. The van der Waals surface area contributed by atoms with Crippen molar-refractivity contribution in [3.05, 3.63) is 35.4 Å². The van der Waals surface area contributed by atoms with E-state index in [4.69, 9.17) is 14.1 Å². The number of ether oxygens (including phenoxy) is 1. The Bertz CT molecular complexity index is 894. The average Bonchev–Trinajstić information content (AvgIpc) is 2.66. The predicted molar refractivity (Wildman–Crippen MR) is 110 cm³/mol. The van der Waals surface area contributed by atoms with Gasteiger partial charge in [-0.1, -0.05) is 19.1 Å². The van der Waals surface area contributed by atoms with Crippen molar-refractivity contribution in [3.8, 4) is 11.5 Å². The Hall–Kier alpha value is -1.53. The van der Waals surface area contributed by atoms with E-state index in [2.05, 4.69) is 13.5 Å². The molecule has 0 heterocycles. The number of hydrogen-bond donors (Lipinski definition) is 1. The van der Waals surface area contributed by atoms with Crippen molar-refractivity contribution in [2.45, 2.75) is 64.2 Å². The van der Waals surface area contributed by atoms with E-state index in [0.29, 0.717) is 28.9 Å². The Balaban J connectivity index is 1.72. The third-order valence-corrected chi connectivity index (χ3v) is 8.16. The van der Waals surface area contributed by atoms with Gasteiger partial charge in [-0.15, -0.1) is 0 Å². The van der Waals surface area contributed by atoms with Crippen molar-refractivity contribution in [2.75, 3.05) is 7.11 Å². The van der Waals surface area contributed by atoms with Crippen LogP contribution in [0.4, 0.5) is 0 Å². The van der Waals surface area contributed by atoms with Gasteiger partial charge >= 0.3 is 10.3 Å². The van der Waals surface area contributed by atoms with Crippen LogP contribution >= 0.6 is 0 Å². The molecule has 3 aliphatic rings. The van der Waals surface area contributed by atoms with Crippen LogP contribution in [0.3, 0.4) is 0 Å². The Morgan fingerprint density at radius 2 is 2.00 bits per heavy atom. The lowest BCUT2D eigenvalue weighted by atomic mass is 9.48. The third kappa shape index (κ3) is 3.14. The highest BCUT2D eigenvalue weighted by atomic mass is 32.2. The lowest BCUT2D eigenvalue weighted by Gasteiger charge is -2.56. The predicted octanol–water partition coefficient (Wildman–Crippen LogP) is 4.47. The second-order valence-electron chi connectivity index (χ2n) is 8.74. The van der Waals surface area contributed by atoms with E-state index in [1.807, 2.05) is 12.1 Å². The summed E-state index contributed by atoms with van der Waals surface area (Å²) in [5, 5.41) is 5.08. The van der Waals surface area contributed by atoms with Gasteiger partial charge in [0.15, 0.2) is 11.5 Å². The lowest BCUT2D eigenvalue weighted by Crippen LogP contribution is -2.46. The standard InChI is InChI=1S/C22H31NO4S/c1-4-22-11-10-16-17(19(22)7-5-6-14(22)2)9-8-15-12-21(27-28(23,24)25)20(26-3)13-18(15)16/h12-13,16-17,19H,2,4-11H2,1,3H3,(H2,23,24,25)/t16?,17?,19?,22-/m1/s1. The largest absolute Gasteiger partial charge is 0.493 e. The van der Waals surface area contributed by atoms with Crippen LogP contribution in [0.5, 0.6) is 11.5 Å². The molecule has 154 valence electrons. The van der Waals surface area contributed by atoms with E-state index in [1.165, 1.54) is 55.9 Å². The minimum atomic E-state index is -4.08. The van der Waals surface area contributed by atoms with E-state index in [0.717, 1.165) is 19.3 Å². The minimum Gasteiger partial charge on any atom is -0.493 e. The van der Waals surface area contributed by atoms with Crippen molar-refractivity contribution in [1.29, 1.82) is 0 Å². The number of methoxy groups -OCH3 is 1. The van der Waals surface area contributed by atoms with Crippen molar-refractivity contribution in [3.63, 3.8) is 0 Å². The van der Waals surface area contributed by atoms with E-state index >= 15 is 0 Å². The van der Waals surface area contributed by atoms with Crippen molar-refractivity contribution < 1.29 is 17.3 Å². The van der Waals surface area contributed by atoms with Gasteiger partial charge in [0, 0.05) is 0 Å². The lowest BCUT2D eigenvalue weighted by molar-refractivity contribution is 0.0184. The van der Waals surface area contributed by atoms with Crippen LogP contribution < -0.4 is 14.1 Å². The zero-order valence-electron chi connectivity index (χ0n) is 16.9. The molecule has 1 aromatic rings. The smallest absolute Gasteiger partial charge is 0.380 e. The molecular formula is C22H31NO4S. The molecule has 3 aliphatic carbocycles. The molecule has 6 heteroatoms. The fourth-order valence-electron chi connectivity index (χ4n) is 6.55. The summed E-state index contributed by atoms with van der Waals surface area (Å²) in [5.74, 6) is 2.49. The van der Waals surface area contributed by atoms with Crippen LogP contribution in [0.15, 0.2) is 24.3 Å². The highest BCUT2D eigenvalue weighted by Gasteiger charge is 2.51. The monoisotopic (exact) mass is 405 g/mol. The van der Waals surface area contributed by atoms with Crippen LogP contribution in [0, 0.1) is 17.3 Å². The highest BCUT2D eigenvalue weighted by Crippen LogP contribution is 2.62. The third-order valence-electron chi connectivity index (χ3n) is 7.75. The quantitative estimate of drug-likeness (QED) is 0.750. The number of allylic oxidation sites excluding steroid dienone is 1. The molecule has 0 saturated heterocycles. The summed E-state index contributed by atoms with van der Waals surface area (Å²) in [5.41, 5.74) is 4.26. The molecule has 0 aromatic heterocycles. The van der Waals surface area contributed by atoms with Gasteiger partial charge in [0.25, 0.3) is 0 Å². The van der Waals surface area contributed by atoms with Gasteiger partial charge in [0.1, 0.15) is 0 Å². The summed E-state index contributed by atoms with van der Waals surface area (Å²) in [6.07, 6.45) is 9.35. The van der Waals surface area contributed by atoms with Crippen molar-refractivity contribution in [1.82, 2.24) is 0 Å². The molecule has 2 fully saturated rings. The first-order valence-electron chi connectivity index (χ1n) is 10.4. The van der Waals surface area contributed by atoms with Gasteiger partial charge < -0.3 is 8.92 Å². The van der Waals surface area contributed by atoms with Crippen LogP contribution in [0.25, 0.3) is 0 Å². The average molecular weight is 406 g/mol. The van der Waals surface area contributed by atoms with Gasteiger partial charge in [-0.05, 0) is 97.8 Å². The molecule has 0 aliphatic heterocycles. The van der Waals surface area contributed by atoms with Gasteiger partial charge in [0.05, 0.1) is 7.11 Å². The molecular weight excluding hydrogens is 374 g/mol. The Labute approximate surface area is 168 Å².